The van der Waals surface area contributed by atoms with Gasteiger partial charge in [-0.05, 0) is 42.3 Å². The molecule has 0 saturated carbocycles. The number of aromatic nitrogens is 2. The first-order chi connectivity index (χ1) is 11.1. The maximum Gasteiger partial charge on any atom is 0.134 e. The molecule has 3 rings (SSSR count). The molecule has 2 aromatic carbocycles. The van der Waals surface area contributed by atoms with Crippen molar-refractivity contribution in [3.63, 3.8) is 0 Å². The van der Waals surface area contributed by atoms with E-state index >= 15 is 0 Å². The highest BCUT2D eigenvalue weighted by molar-refractivity contribution is 5.84. The van der Waals surface area contributed by atoms with Crippen LogP contribution in [0.4, 0.5) is 5.82 Å². The summed E-state index contributed by atoms with van der Waals surface area (Å²) in [6.07, 6.45) is 1.46. The second-order valence-corrected chi connectivity index (χ2v) is 5.14. The fraction of sp³-hybridized carbons (Fsp3) is 0.0526. The van der Waals surface area contributed by atoms with E-state index in [1.807, 2.05) is 61.5 Å². The van der Waals surface area contributed by atoms with Gasteiger partial charge in [0, 0.05) is 5.56 Å². The molecule has 4 heteroatoms. The number of ether oxygens (including phenoxy) is 1. The third-order valence-corrected chi connectivity index (χ3v) is 3.55. The third-order valence-electron chi connectivity index (χ3n) is 3.55. The van der Waals surface area contributed by atoms with E-state index in [1.54, 1.807) is 0 Å². The minimum Gasteiger partial charge on any atom is -0.457 e. The molecule has 0 bridgehead atoms. The normalized spacial score (nSPS) is 10.3. The van der Waals surface area contributed by atoms with E-state index in [0.29, 0.717) is 5.82 Å². The molecule has 1 aromatic heterocycles. The van der Waals surface area contributed by atoms with Crippen molar-refractivity contribution >= 4 is 11.4 Å². The Balaban J connectivity index is 1.83. The lowest BCUT2D eigenvalue weighted by atomic mass is 9.99. The Bertz CT molecular complexity index is 807. The molecule has 23 heavy (non-hydrogen) atoms. The molecule has 114 valence electrons. The summed E-state index contributed by atoms with van der Waals surface area (Å²) >= 11 is 0. The summed E-state index contributed by atoms with van der Waals surface area (Å²) in [5.74, 6) is 2.00. The minimum atomic E-state index is 0.437. The van der Waals surface area contributed by atoms with Gasteiger partial charge in [0.2, 0.25) is 0 Å². The Morgan fingerprint density at radius 3 is 2.26 bits per heavy atom. The first kappa shape index (κ1) is 14.8. The first-order valence-corrected chi connectivity index (χ1v) is 7.25. The van der Waals surface area contributed by atoms with Gasteiger partial charge in [-0.3, -0.25) is 0 Å². The number of para-hydroxylation sites is 1. The summed E-state index contributed by atoms with van der Waals surface area (Å²) in [4.78, 5) is 8.22. The topological polar surface area (TPSA) is 61.0 Å². The number of aryl methyl sites for hydroxylation is 1. The number of nitrogens with zero attached hydrogens (tertiary/aromatic N) is 2. The van der Waals surface area contributed by atoms with Gasteiger partial charge in [-0.15, -0.1) is 0 Å². The van der Waals surface area contributed by atoms with Crippen molar-refractivity contribution in [2.24, 2.45) is 0 Å². The third kappa shape index (κ3) is 3.21. The highest BCUT2D eigenvalue weighted by Crippen LogP contribution is 2.29. The van der Waals surface area contributed by atoms with Gasteiger partial charge in [0.15, 0.2) is 0 Å². The standard InChI is InChI=1S/C19H17N3O/c1-13(18-14(2)21-12-22-19(18)20)15-8-10-17(11-9-15)23-16-6-4-3-5-7-16/h3-12H,1H2,2H3,(H2,20,21,22). The van der Waals surface area contributed by atoms with Crippen LogP contribution in [-0.4, -0.2) is 9.97 Å². The second-order valence-electron chi connectivity index (χ2n) is 5.14. The average Bonchev–Trinajstić information content (AvgIpc) is 2.56. The van der Waals surface area contributed by atoms with Crippen LogP contribution in [-0.2, 0) is 0 Å². The van der Waals surface area contributed by atoms with E-state index in [0.717, 1.165) is 33.9 Å². The van der Waals surface area contributed by atoms with Crippen LogP contribution < -0.4 is 10.5 Å². The molecule has 0 unspecified atom stereocenters. The van der Waals surface area contributed by atoms with Crippen molar-refractivity contribution in [1.82, 2.24) is 9.97 Å². The second kappa shape index (κ2) is 6.32. The number of anilines is 1. The first-order valence-electron chi connectivity index (χ1n) is 7.25. The number of nitrogen functional groups attached to an aromatic ring is 1. The van der Waals surface area contributed by atoms with Crippen LogP contribution in [0.3, 0.4) is 0 Å². The van der Waals surface area contributed by atoms with Gasteiger partial charge >= 0.3 is 0 Å². The number of nitrogens with two attached hydrogens (primary N) is 1. The average molecular weight is 303 g/mol. The Hall–Kier alpha value is -3.14. The van der Waals surface area contributed by atoms with Crippen molar-refractivity contribution in [3.8, 4) is 11.5 Å². The summed E-state index contributed by atoms with van der Waals surface area (Å²) < 4.78 is 5.79. The Labute approximate surface area is 135 Å². The predicted octanol–water partition coefficient (Wildman–Crippen LogP) is 4.22. The van der Waals surface area contributed by atoms with Gasteiger partial charge in [-0.1, -0.05) is 36.9 Å². The number of hydrogen-bond donors (Lipinski definition) is 1. The zero-order chi connectivity index (χ0) is 16.2. The van der Waals surface area contributed by atoms with E-state index in [-0.39, 0.29) is 0 Å². The predicted molar refractivity (Wildman–Crippen MR) is 92.3 cm³/mol. The monoisotopic (exact) mass is 303 g/mol. The van der Waals surface area contributed by atoms with Crippen molar-refractivity contribution in [3.05, 3.63) is 84.3 Å². The molecule has 0 radical (unpaired) electrons. The number of rotatable bonds is 4. The van der Waals surface area contributed by atoms with Crippen LogP contribution in [0.1, 0.15) is 16.8 Å². The highest BCUT2D eigenvalue weighted by atomic mass is 16.5. The van der Waals surface area contributed by atoms with Crippen molar-refractivity contribution in [2.45, 2.75) is 6.92 Å². The lowest BCUT2D eigenvalue weighted by Gasteiger charge is -2.12. The fourth-order valence-corrected chi connectivity index (χ4v) is 2.36. The summed E-state index contributed by atoms with van der Waals surface area (Å²) in [7, 11) is 0. The Morgan fingerprint density at radius 2 is 1.61 bits per heavy atom. The van der Waals surface area contributed by atoms with Crippen LogP contribution in [0.2, 0.25) is 0 Å². The number of benzene rings is 2. The zero-order valence-corrected chi connectivity index (χ0v) is 12.9. The molecule has 0 aliphatic heterocycles. The van der Waals surface area contributed by atoms with Crippen molar-refractivity contribution < 1.29 is 4.74 Å². The Morgan fingerprint density at radius 1 is 0.957 bits per heavy atom. The molecule has 3 aromatic rings. The van der Waals surface area contributed by atoms with Crippen LogP contribution in [0.15, 0.2) is 67.5 Å². The van der Waals surface area contributed by atoms with Gasteiger partial charge in [0.05, 0.1) is 5.69 Å². The fourth-order valence-electron chi connectivity index (χ4n) is 2.36. The molecule has 0 aliphatic rings. The molecule has 0 saturated heterocycles. The Kier molecular flexibility index (Phi) is 4.06. The van der Waals surface area contributed by atoms with E-state index in [1.165, 1.54) is 6.33 Å². The van der Waals surface area contributed by atoms with Crippen LogP contribution >= 0.6 is 0 Å². The van der Waals surface area contributed by atoms with Crippen LogP contribution in [0.25, 0.3) is 5.57 Å². The van der Waals surface area contributed by atoms with Crippen LogP contribution in [0.5, 0.6) is 11.5 Å². The molecule has 1 heterocycles. The summed E-state index contributed by atoms with van der Waals surface area (Å²) in [6.45, 7) is 6.02. The van der Waals surface area contributed by atoms with Gasteiger partial charge in [-0.2, -0.15) is 0 Å². The number of hydrogen-bond acceptors (Lipinski definition) is 4. The molecule has 4 nitrogen and oxygen atoms in total. The lowest BCUT2D eigenvalue weighted by Crippen LogP contribution is -2.02. The zero-order valence-electron chi connectivity index (χ0n) is 12.9. The molecular weight excluding hydrogens is 286 g/mol. The van der Waals surface area contributed by atoms with Crippen molar-refractivity contribution in [2.75, 3.05) is 5.73 Å². The molecule has 0 spiro atoms. The molecule has 0 fully saturated rings. The highest BCUT2D eigenvalue weighted by Gasteiger charge is 2.11. The SMILES string of the molecule is C=C(c1ccc(Oc2ccccc2)cc1)c1c(C)ncnc1N. The van der Waals surface area contributed by atoms with Gasteiger partial charge in [0.1, 0.15) is 23.6 Å². The lowest BCUT2D eigenvalue weighted by molar-refractivity contribution is 0.482. The summed E-state index contributed by atoms with van der Waals surface area (Å²) in [5.41, 5.74) is 9.30. The molecule has 2 N–H and O–H groups in total. The van der Waals surface area contributed by atoms with E-state index < -0.39 is 0 Å². The van der Waals surface area contributed by atoms with Crippen LogP contribution in [0, 0.1) is 6.92 Å². The van der Waals surface area contributed by atoms with Crippen molar-refractivity contribution in [1.29, 1.82) is 0 Å². The molecule has 0 atom stereocenters. The van der Waals surface area contributed by atoms with Gasteiger partial charge < -0.3 is 10.5 Å². The quantitative estimate of drug-likeness (QED) is 0.784. The summed E-state index contributed by atoms with van der Waals surface area (Å²) in [6, 6.07) is 17.4. The largest absolute Gasteiger partial charge is 0.457 e. The molecule has 0 aliphatic carbocycles. The molecular formula is C19H17N3O. The van der Waals surface area contributed by atoms with E-state index in [4.69, 9.17) is 10.5 Å². The maximum absolute atomic E-state index is 5.96. The summed E-state index contributed by atoms with van der Waals surface area (Å²) in [5, 5.41) is 0. The smallest absolute Gasteiger partial charge is 0.134 e. The minimum absolute atomic E-state index is 0.437. The van der Waals surface area contributed by atoms with E-state index in [2.05, 4.69) is 16.5 Å². The van der Waals surface area contributed by atoms with Gasteiger partial charge in [-0.25, -0.2) is 9.97 Å². The van der Waals surface area contributed by atoms with E-state index in [9.17, 15) is 0 Å². The van der Waals surface area contributed by atoms with Gasteiger partial charge in [0.25, 0.3) is 0 Å². The molecule has 0 amide bonds. The maximum atomic E-state index is 5.96.